The number of alkyl halides is 1. The van der Waals surface area contributed by atoms with Crippen LogP contribution in [-0.4, -0.2) is 60.5 Å². The van der Waals surface area contributed by atoms with Crippen LogP contribution in [0, 0.1) is 11.6 Å². The predicted molar refractivity (Wildman–Crippen MR) is 131 cm³/mol. The fourth-order valence-corrected chi connectivity index (χ4v) is 6.00. The molecule has 0 aliphatic carbocycles. The van der Waals surface area contributed by atoms with Gasteiger partial charge >= 0.3 is 6.01 Å². The lowest BCUT2D eigenvalue weighted by Crippen LogP contribution is -2.44. The third-order valence-electron chi connectivity index (χ3n) is 6.59. The van der Waals surface area contributed by atoms with E-state index in [0.717, 1.165) is 30.0 Å². The number of aromatic nitrogens is 2. The molecule has 0 amide bonds. The maximum atomic E-state index is 14.9. The number of ether oxygens (including phenoxy) is 2. The topological polar surface area (TPSA) is 56.6 Å². The zero-order valence-corrected chi connectivity index (χ0v) is 22.7. The molecule has 34 heavy (non-hydrogen) atoms. The van der Waals surface area contributed by atoms with Crippen molar-refractivity contribution in [3.8, 4) is 6.01 Å². The first-order valence-corrected chi connectivity index (χ1v) is 16.2. The number of nitrogens with zero attached hydrogens (tertiary/aromatic N) is 3. The summed E-state index contributed by atoms with van der Waals surface area (Å²) in [6.07, 6.45) is 1.04. The maximum absolute atomic E-state index is 14.9. The van der Waals surface area contributed by atoms with Crippen LogP contribution in [0.4, 0.5) is 13.2 Å². The lowest BCUT2D eigenvalue weighted by Gasteiger charge is -2.31. The molecule has 0 bridgehead atoms. The largest absolute Gasteiger partial charge is 0.463 e. The molecular weight excluding hydrogens is 555 g/mol. The van der Waals surface area contributed by atoms with Crippen LogP contribution in [0.2, 0.25) is 30.7 Å². The fourth-order valence-electron chi connectivity index (χ4n) is 4.70. The summed E-state index contributed by atoms with van der Waals surface area (Å²) >= 11 is 8.81. The molecule has 2 aliphatic rings. The highest BCUT2D eigenvalue weighted by Crippen LogP contribution is 2.40. The minimum atomic E-state index is -1.38. The van der Waals surface area contributed by atoms with E-state index in [0.29, 0.717) is 19.6 Å². The summed E-state index contributed by atoms with van der Waals surface area (Å²) in [5.74, 6) is -2.03. The Morgan fingerprint density at radius 1 is 1.29 bits per heavy atom. The summed E-state index contributed by atoms with van der Waals surface area (Å²) < 4.78 is 56.4. The van der Waals surface area contributed by atoms with E-state index in [4.69, 9.17) is 21.1 Å². The minimum Gasteiger partial charge on any atom is -0.463 e. The van der Waals surface area contributed by atoms with Crippen molar-refractivity contribution < 1.29 is 22.6 Å². The van der Waals surface area contributed by atoms with Gasteiger partial charge in [0.1, 0.15) is 30.4 Å². The molecule has 6 nitrogen and oxygen atoms in total. The molecule has 1 aromatic carbocycles. The third-order valence-corrected chi connectivity index (χ3v) is 9.62. The molecule has 188 valence electrons. The lowest BCUT2D eigenvalue weighted by atomic mass is 9.95. The Balaban J connectivity index is 1.71. The molecule has 1 aromatic heterocycles. The number of fused-ring (bicyclic) bond motifs is 2. The molecule has 0 N–H and O–H groups in total. The van der Waals surface area contributed by atoms with Crippen molar-refractivity contribution >= 4 is 46.5 Å². The molecule has 12 heteroatoms. The van der Waals surface area contributed by atoms with E-state index in [-0.39, 0.29) is 23.8 Å². The molecule has 0 radical (unpaired) electrons. The second kappa shape index (κ2) is 9.72. The zero-order valence-electron chi connectivity index (χ0n) is 19.4. The van der Waals surface area contributed by atoms with E-state index < -0.39 is 52.9 Å². The summed E-state index contributed by atoms with van der Waals surface area (Å²) in [7, 11) is -1.38. The number of hydrogen-bond donors (Lipinski definition) is 0. The highest BCUT2D eigenvalue weighted by atomic mass is 79.9. The summed E-state index contributed by atoms with van der Waals surface area (Å²) in [5, 5.41) is -1.11. The first-order valence-electron chi connectivity index (χ1n) is 11.3. The van der Waals surface area contributed by atoms with Gasteiger partial charge in [0.05, 0.1) is 15.0 Å². The summed E-state index contributed by atoms with van der Waals surface area (Å²) in [6.45, 7) is 7.94. The molecule has 0 spiro atoms. The van der Waals surface area contributed by atoms with Crippen LogP contribution in [-0.2, 0) is 11.5 Å². The Labute approximate surface area is 210 Å². The lowest BCUT2D eigenvalue weighted by molar-refractivity contribution is 0.0624. The molecule has 2 aliphatic heterocycles. The van der Waals surface area contributed by atoms with Crippen LogP contribution in [0.15, 0.2) is 9.27 Å². The van der Waals surface area contributed by atoms with Gasteiger partial charge in [0.15, 0.2) is 11.6 Å². The maximum Gasteiger partial charge on any atom is 0.301 e. The molecule has 2 atom stereocenters. The van der Waals surface area contributed by atoms with Gasteiger partial charge in [0, 0.05) is 27.6 Å². The molecular formula is C22H28BrClF3N3O3Si. The second-order valence-corrected chi connectivity index (χ2v) is 17.1. The van der Waals surface area contributed by atoms with E-state index in [1.165, 1.54) is 0 Å². The smallest absolute Gasteiger partial charge is 0.301 e. The van der Waals surface area contributed by atoms with Gasteiger partial charge in [-0.2, -0.15) is 4.98 Å². The third kappa shape index (κ3) is 4.91. The average molecular weight is 583 g/mol. The van der Waals surface area contributed by atoms with Crippen LogP contribution >= 0.6 is 27.5 Å². The average Bonchev–Trinajstić information content (AvgIpc) is 3.28. The van der Waals surface area contributed by atoms with Crippen molar-refractivity contribution in [3.05, 3.63) is 31.5 Å². The van der Waals surface area contributed by atoms with Crippen molar-refractivity contribution in [1.29, 1.82) is 0 Å². The number of halogens is 5. The van der Waals surface area contributed by atoms with Crippen LogP contribution in [0.5, 0.6) is 6.01 Å². The van der Waals surface area contributed by atoms with Crippen molar-refractivity contribution in [3.63, 3.8) is 0 Å². The Kier molecular flexibility index (Phi) is 7.42. The Morgan fingerprint density at radius 3 is 2.74 bits per heavy atom. The normalized spacial score (nSPS) is 23.1. The number of rotatable bonds is 8. The quantitative estimate of drug-likeness (QED) is 0.182. The Hall–Kier alpha value is -1.14. The molecule has 4 rings (SSSR count). The van der Waals surface area contributed by atoms with Gasteiger partial charge in [-0.1, -0.05) is 31.2 Å². The van der Waals surface area contributed by atoms with E-state index in [2.05, 4.69) is 45.5 Å². The second-order valence-electron chi connectivity index (χ2n) is 10.3. The van der Waals surface area contributed by atoms with Gasteiger partial charge in [-0.3, -0.25) is 9.69 Å². The van der Waals surface area contributed by atoms with Crippen LogP contribution in [0.25, 0.3) is 10.9 Å². The van der Waals surface area contributed by atoms with E-state index in [1.54, 1.807) is 0 Å². The minimum absolute atomic E-state index is 0.0825. The van der Waals surface area contributed by atoms with Crippen LogP contribution < -0.4 is 10.3 Å². The summed E-state index contributed by atoms with van der Waals surface area (Å²) in [5.41, 5.74) is -1.84. The first-order chi connectivity index (χ1) is 15.9. The van der Waals surface area contributed by atoms with Crippen LogP contribution in [0.1, 0.15) is 19.3 Å². The molecule has 2 saturated heterocycles. The van der Waals surface area contributed by atoms with Gasteiger partial charge in [-0.05, 0) is 41.4 Å². The van der Waals surface area contributed by atoms with Crippen LogP contribution in [0.3, 0.4) is 0 Å². The molecule has 3 heterocycles. The number of benzene rings is 1. The van der Waals surface area contributed by atoms with Gasteiger partial charge < -0.3 is 9.47 Å². The highest BCUT2D eigenvalue weighted by Gasteiger charge is 2.49. The monoisotopic (exact) mass is 581 g/mol. The van der Waals surface area contributed by atoms with Crippen molar-refractivity contribution in [2.24, 2.45) is 0 Å². The number of hydrogen-bond acceptors (Lipinski definition) is 5. The zero-order chi connectivity index (χ0) is 24.8. The summed E-state index contributed by atoms with van der Waals surface area (Å²) in [4.78, 5) is 19.5. The van der Waals surface area contributed by atoms with Crippen molar-refractivity contribution in [2.45, 2.75) is 63.4 Å². The van der Waals surface area contributed by atoms with Gasteiger partial charge in [-0.25, -0.2) is 17.7 Å². The molecule has 0 unspecified atom stereocenters. The van der Waals surface area contributed by atoms with E-state index >= 15 is 0 Å². The standard InChI is InChI=1S/C22H28BrClF3N3O3Si/c1-34(2,3)8-7-32-12-30-20(31)14-17(26)16(24)15(23)18(27)19(14)28-21(30)33-11-22-5-4-6-29(22)10-13(25)9-22/h13H,4-12H2,1-3H3/t13-,22+/m1/s1. The molecule has 0 saturated carbocycles. The van der Waals surface area contributed by atoms with Crippen molar-refractivity contribution in [2.75, 3.05) is 26.3 Å². The van der Waals surface area contributed by atoms with Crippen molar-refractivity contribution in [1.82, 2.24) is 14.5 Å². The predicted octanol–water partition coefficient (Wildman–Crippen LogP) is 5.36. The fraction of sp³-hybridized carbons (Fsp3) is 0.636. The summed E-state index contributed by atoms with van der Waals surface area (Å²) in [6, 6.07) is 0.665. The highest BCUT2D eigenvalue weighted by molar-refractivity contribution is 9.10. The van der Waals surface area contributed by atoms with Gasteiger partial charge in [-0.15, -0.1) is 0 Å². The SMILES string of the molecule is C[Si](C)(C)CCOCn1c(OC[C@@]23CCCN2C[C@H](F)C3)nc2c(F)c(Br)c(Cl)c(F)c2c1=O. The van der Waals surface area contributed by atoms with E-state index in [1.807, 2.05) is 0 Å². The molecule has 2 fully saturated rings. The van der Waals surface area contributed by atoms with Gasteiger partial charge in [0.25, 0.3) is 5.56 Å². The van der Waals surface area contributed by atoms with E-state index in [9.17, 15) is 18.0 Å². The first kappa shape index (κ1) is 25.9. The Bertz CT molecular complexity index is 1160. The Morgan fingerprint density at radius 2 is 2.03 bits per heavy atom. The molecule has 2 aromatic rings. The van der Waals surface area contributed by atoms with Gasteiger partial charge in [0.2, 0.25) is 0 Å².